The topological polar surface area (TPSA) is 58.4 Å². The highest BCUT2D eigenvalue weighted by Crippen LogP contribution is 2.27. The molecule has 1 aromatic carbocycles. The number of anilines is 1. The molecular weight excluding hydrogens is 306 g/mol. The molecule has 0 aromatic heterocycles. The lowest BCUT2D eigenvalue weighted by Gasteiger charge is -2.32. The van der Waals surface area contributed by atoms with Crippen LogP contribution < -0.4 is 16.0 Å². The van der Waals surface area contributed by atoms with Crippen molar-refractivity contribution >= 4 is 27.5 Å². The molecule has 1 aliphatic heterocycles. The van der Waals surface area contributed by atoms with Gasteiger partial charge in [-0.2, -0.15) is 0 Å². The highest BCUT2D eigenvalue weighted by molar-refractivity contribution is 9.10. The van der Waals surface area contributed by atoms with Gasteiger partial charge in [0.05, 0.1) is 0 Å². The molecule has 2 atom stereocenters. The van der Waals surface area contributed by atoms with E-state index in [1.165, 1.54) is 0 Å². The van der Waals surface area contributed by atoms with E-state index in [-0.39, 0.29) is 11.9 Å². The molecule has 1 fully saturated rings. The van der Waals surface area contributed by atoms with Gasteiger partial charge in [0, 0.05) is 29.8 Å². The number of amides is 1. The standard InChI is InChI=1S/C14H20BrN3O/c1-9-7-17-14(19)13(6-16)18(8-9)12-4-3-11(15)5-10(12)2/h3-5,9,13H,6-8,16H2,1-2H3,(H,17,19). The average molecular weight is 326 g/mol. The van der Waals surface area contributed by atoms with E-state index >= 15 is 0 Å². The number of nitrogens with two attached hydrogens (primary N) is 1. The third-order valence-corrected chi connectivity index (χ3v) is 4.00. The quantitative estimate of drug-likeness (QED) is 0.869. The third-order valence-electron chi connectivity index (χ3n) is 3.50. The van der Waals surface area contributed by atoms with Gasteiger partial charge >= 0.3 is 0 Å². The largest absolute Gasteiger partial charge is 0.358 e. The van der Waals surface area contributed by atoms with Gasteiger partial charge in [0.2, 0.25) is 5.91 Å². The van der Waals surface area contributed by atoms with Crippen molar-refractivity contribution in [2.45, 2.75) is 19.9 Å². The molecule has 0 saturated carbocycles. The van der Waals surface area contributed by atoms with Gasteiger partial charge in [0.25, 0.3) is 0 Å². The minimum atomic E-state index is -0.287. The lowest BCUT2D eigenvalue weighted by atomic mass is 10.1. The van der Waals surface area contributed by atoms with Crippen molar-refractivity contribution in [1.82, 2.24) is 5.32 Å². The summed E-state index contributed by atoms with van der Waals surface area (Å²) in [6.45, 7) is 6.07. The summed E-state index contributed by atoms with van der Waals surface area (Å²) in [6.07, 6.45) is 0. The van der Waals surface area contributed by atoms with Crippen LogP contribution in [0.1, 0.15) is 12.5 Å². The third kappa shape index (κ3) is 3.09. The maximum atomic E-state index is 12.1. The van der Waals surface area contributed by atoms with Crippen molar-refractivity contribution in [3.05, 3.63) is 28.2 Å². The van der Waals surface area contributed by atoms with E-state index in [0.29, 0.717) is 19.0 Å². The summed E-state index contributed by atoms with van der Waals surface area (Å²) in [6, 6.07) is 5.83. The fourth-order valence-corrected chi connectivity index (χ4v) is 2.98. The van der Waals surface area contributed by atoms with E-state index in [1.807, 2.05) is 12.1 Å². The fourth-order valence-electron chi connectivity index (χ4n) is 2.50. The number of benzene rings is 1. The molecule has 0 bridgehead atoms. The van der Waals surface area contributed by atoms with Crippen LogP contribution in [0.4, 0.5) is 5.69 Å². The molecule has 1 aliphatic rings. The maximum absolute atomic E-state index is 12.1. The molecule has 0 radical (unpaired) electrons. The molecule has 19 heavy (non-hydrogen) atoms. The van der Waals surface area contributed by atoms with Crippen LogP contribution in [0.3, 0.4) is 0 Å². The highest BCUT2D eigenvalue weighted by atomic mass is 79.9. The average Bonchev–Trinajstić information content (AvgIpc) is 2.49. The minimum Gasteiger partial charge on any atom is -0.358 e. The van der Waals surface area contributed by atoms with E-state index in [9.17, 15) is 4.79 Å². The molecule has 1 heterocycles. The molecule has 2 rings (SSSR count). The molecule has 1 aromatic rings. The Morgan fingerprint density at radius 2 is 2.26 bits per heavy atom. The predicted octanol–water partition coefficient (Wildman–Crippen LogP) is 1.66. The number of halogens is 1. The SMILES string of the molecule is Cc1cc(Br)ccc1N1CC(C)CNC(=O)C1CN. The van der Waals surface area contributed by atoms with Crippen LogP contribution in [0.25, 0.3) is 0 Å². The Morgan fingerprint density at radius 1 is 1.53 bits per heavy atom. The molecule has 2 unspecified atom stereocenters. The van der Waals surface area contributed by atoms with Crippen molar-refractivity contribution in [1.29, 1.82) is 0 Å². The van der Waals surface area contributed by atoms with Crippen LogP contribution in [0.15, 0.2) is 22.7 Å². The summed E-state index contributed by atoms with van der Waals surface area (Å²) >= 11 is 3.47. The van der Waals surface area contributed by atoms with Gasteiger partial charge in [-0.05, 0) is 36.6 Å². The van der Waals surface area contributed by atoms with Gasteiger partial charge < -0.3 is 16.0 Å². The predicted molar refractivity (Wildman–Crippen MR) is 81.2 cm³/mol. The Labute approximate surface area is 122 Å². The number of hydrogen-bond acceptors (Lipinski definition) is 3. The first-order valence-corrected chi connectivity index (χ1v) is 7.32. The Morgan fingerprint density at radius 3 is 2.89 bits per heavy atom. The lowest BCUT2D eigenvalue weighted by molar-refractivity contribution is -0.121. The zero-order chi connectivity index (χ0) is 14.0. The van der Waals surface area contributed by atoms with E-state index in [4.69, 9.17) is 5.73 Å². The van der Waals surface area contributed by atoms with Crippen molar-refractivity contribution in [3.63, 3.8) is 0 Å². The number of aryl methyl sites for hydroxylation is 1. The molecule has 0 spiro atoms. The van der Waals surface area contributed by atoms with Crippen molar-refractivity contribution in [2.75, 3.05) is 24.5 Å². The van der Waals surface area contributed by atoms with Gasteiger partial charge in [-0.3, -0.25) is 4.79 Å². The summed E-state index contributed by atoms with van der Waals surface area (Å²) in [5.41, 5.74) is 8.04. The van der Waals surface area contributed by atoms with Gasteiger partial charge in [0.1, 0.15) is 6.04 Å². The highest BCUT2D eigenvalue weighted by Gasteiger charge is 2.30. The number of carbonyl (C=O) groups excluding carboxylic acids is 1. The second-order valence-corrected chi connectivity index (χ2v) is 6.10. The second-order valence-electron chi connectivity index (χ2n) is 5.18. The lowest BCUT2D eigenvalue weighted by Crippen LogP contribution is -2.49. The van der Waals surface area contributed by atoms with Crippen LogP contribution in [0.2, 0.25) is 0 Å². The number of carbonyl (C=O) groups is 1. The molecule has 1 amide bonds. The number of rotatable bonds is 2. The molecule has 104 valence electrons. The molecule has 3 N–H and O–H groups in total. The minimum absolute atomic E-state index is 0.0224. The van der Waals surface area contributed by atoms with E-state index < -0.39 is 0 Å². The van der Waals surface area contributed by atoms with Gasteiger partial charge in [-0.15, -0.1) is 0 Å². The van der Waals surface area contributed by atoms with Crippen molar-refractivity contribution in [3.8, 4) is 0 Å². The van der Waals surface area contributed by atoms with E-state index in [0.717, 1.165) is 22.3 Å². The van der Waals surface area contributed by atoms with Gasteiger partial charge in [-0.25, -0.2) is 0 Å². The second kappa shape index (κ2) is 5.92. The Kier molecular flexibility index (Phi) is 4.47. The number of nitrogens with one attached hydrogen (secondary N) is 1. The first-order chi connectivity index (χ1) is 9.02. The molecular formula is C14H20BrN3O. The number of nitrogens with zero attached hydrogens (tertiary/aromatic N) is 1. The molecule has 5 heteroatoms. The Hall–Kier alpha value is -1.07. The maximum Gasteiger partial charge on any atom is 0.244 e. The Bertz CT molecular complexity index is 478. The molecule has 0 aliphatic carbocycles. The first kappa shape index (κ1) is 14.3. The van der Waals surface area contributed by atoms with Crippen LogP contribution in [-0.2, 0) is 4.79 Å². The van der Waals surface area contributed by atoms with Gasteiger partial charge in [-0.1, -0.05) is 22.9 Å². The van der Waals surface area contributed by atoms with Crippen molar-refractivity contribution in [2.24, 2.45) is 11.7 Å². The zero-order valence-electron chi connectivity index (χ0n) is 11.3. The summed E-state index contributed by atoms with van der Waals surface area (Å²) in [5.74, 6) is 0.428. The van der Waals surface area contributed by atoms with E-state index in [1.54, 1.807) is 0 Å². The normalized spacial score (nSPS) is 24.0. The van der Waals surface area contributed by atoms with Crippen LogP contribution in [0.5, 0.6) is 0 Å². The summed E-state index contributed by atoms with van der Waals surface area (Å²) in [4.78, 5) is 14.2. The van der Waals surface area contributed by atoms with Crippen LogP contribution >= 0.6 is 15.9 Å². The van der Waals surface area contributed by atoms with Gasteiger partial charge in [0.15, 0.2) is 0 Å². The van der Waals surface area contributed by atoms with Crippen molar-refractivity contribution < 1.29 is 4.79 Å². The smallest absolute Gasteiger partial charge is 0.244 e. The van der Waals surface area contributed by atoms with Crippen LogP contribution in [-0.4, -0.2) is 31.6 Å². The summed E-state index contributed by atoms with van der Waals surface area (Å²) < 4.78 is 1.05. The molecule has 1 saturated heterocycles. The molecule has 4 nitrogen and oxygen atoms in total. The van der Waals surface area contributed by atoms with Crippen LogP contribution in [0, 0.1) is 12.8 Å². The zero-order valence-corrected chi connectivity index (χ0v) is 12.9. The van der Waals surface area contributed by atoms with E-state index in [2.05, 4.69) is 46.1 Å². The number of hydrogen-bond donors (Lipinski definition) is 2. The summed E-state index contributed by atoms with van der Waals surface area (Å²) in [5, 5.41) is 2.96. The first-order valence-electron chi connectivity index (χ1n) is 6.53. The monoisotopic (exact) mass is 325 g/mol. The summed E-state index contributed by atoms with van der Waals surface area (Å²) in [7, 11) is 0. The fraction of sp³-hybridized carbons (Fsp3) is 0.500. The Balaban J connectivity index is 2.39.